The van der Waals surface area contributed by atoms with Crippen LogP contribution in [0.4, 0.5) is 0 Å². The molecule has 0 bridgehead atoms. The molecule has 4 rings (SSSR count). The third-order valence-electron chi connectivity index (χ3n) is 5.13. The van der Waals surface area contributed by atoms with Gasteiger partial charge >= 0.3 is 0 Å². The zero-order valence-electron chi connectivity index (χ0n) is 17.3. The maximum atomic E-state index is 5.99. The third-order valence-corrected chi connectivity index (χ3v) is 5.13. The van der Waals surface area contributed by atoms with Crippen LogP contribution in [0.2, 0.25) is 0 Å². The first-order valence-electron chi connectivity index (χ1n) is 10.0. The Balaban J connectivity index is 1.51. The second-order valence-corrected chi connectivity index (χ2v) is 7.05. The van der Waals surface area contributed by atoms with E-state index in [1.54, 1.807) is 14.2 Å². The number of aliphatic imine (C=N–C) groups is 1. The Kier molecular flexibility index (Phi) is 6.14. The van der Waals surface area contributed by atoms with E-state index < -0.39 is 0 Å². The molecule has 0 aliphatic carbocycles. The van der Waals surface area contributed by atoms with Crippen LogP contribution in [0.3, 0.4) is 0 Å². The molecule has 0 fully saturated rings. The van der Waals surface area contributed by atoms with Gasteiger partial charge in [0.25, 0.3) is 0 Å². The zero-order chi connectivity index (χ0) is 20.8. The van der Waals surface area contributed by atoms with Gasteiger partial charge in [-0.3, -0.25) is 4.99 Å². The number of benzene rings is 3. The van der Waals surface area contributed by atoms with Crippen LogP contribution in [-0.4, -0.2) is 26.5 Å². The summed E-state index contributed by atoms with van der Waals surface area (Å²) in [5, 5.41) is 0. The van der Waals surface area contributed by atoms with Crippen LogP contribution >= 0.6 is 0 Å². The van der Waals surface area contributed by atoms with E-state index in [9.17, 15) is 0 Å². The first-order chi connectivity index (χ1) is 14.8. The fourth-order valence-corrected chi connectivity index (χ4v) is 3.51. The molecule has 0 N–H and O–H groups in total. The minimum absolute atomic E-state index is 0.567. The smallest absolute Gasteiger partial charge is 0.129 e. The topological polar surface area (TPSA) is 40.0 Å². The van der Waals surface area contributed by atoms with Crippen LogP contribution in [0, 0.1) is 0 Å². The van der Waals surface area contributed by atoms with E-state index >= 15 is 0 Å². The molecule has 0 spiro atoms. The van der Waals surface area contributed by atoms with E-state index in [4.69, 9.17) is 19.2 Å². The van der Waals surface area contributed by atoms with E-state index in [-0.39, 0.29) is 0 Å². The normalized spacial score (nSPS) is 12.9. The number of ether oxygens (including phenoxy) is 3. The van der Waals surface area contributed by atoms with Crippen molar-refractivity contribution in [3.05, 3.63) is 95.1 Å². The Bertz CT molecular complexity index is 1070. The van der Waals surface area contributed by atoms with Crippen LogP contribution in [0.5, 0.6) is 17.2 Å². The van der Waals surface area contributed by atoms with Crippen LogP contribution in [0.15, 0.2) is 77.8 Å². The van der Waals surface area contributed by atoms with E-state index in [2.05, 4.69) is 24.3 Å². The Hall–Kier alpha value is -3.53. The standard InChI is InChI=1S/C26H25NO3/c1-28-22-10-8-20(26(17-22)29-2)9-13-25-24-12-11-23(16-21(24)14-15-27-25)30-18-19-6-4-3-5-7-19/h3-13,16-17H,14-15,18H2,1-2H3. The molecule has 1 aliphatic heterocycles. The molecule has 0 radical (unpaired) electrons. The van der Waals surface area contributed by atoms with Crippen molar-refractivity contribution in [2.75, 3.05) is 20.8 Å². The Morgan fingerprint density at radius 2 is 1.70 bits per heavy atom. The predicted molar refractivity (Wildman–Crippen MR) is 121 cm³/mol. The van der Waals surface area contributed by atoms with Gasteiger partial charge in [-0.25, -0.2) is 0 Å². The summed E-state index contributed by atoms with van der Waals surface area (Å²) in [6, 6.07) is 22.3. The van der Waals surface area contributed by atoms with E-state index in [1.807, 2.05) is 54.6 Å². The van der Waals surface area contributed by atoms with Gasteiger partial charge in [0.1, 0.15) is 23.9 Å². The lowest BCUT2D eigenvalue weighted by atomic mass is 9.96. The van der Waals surface area contributed by atoms with Crippen LogP contribution in [-0.2, 0) is 13.0 Å². The second kappa shape index (κ2) is 9.31. The fourth-order valence-electron chi connectivity index (χ4n) is 3.51. The summed E-state index contributed by atoms with van der Waals surface area (Å²) in [7, 11) is 3.31. The number of allylic oxidation sites excluding steroid dienone is 1. The molecule has 0 unspecified atom stereocenters. The number of hydrogen-bond donors (Lipinski definition) is 0. The van der Waals surface area contributed by atoms with Crippen LogP contribution in [0.25, 0.3) is 6.08 Å². The lowest BCUT2D eigenvalue weighted by molar-refractivity contribution is 0.306. The molecule has 3 aromatic rings. The van der Waals surface area contributed by atoms with Crippen molar-refractivity contribution in [3.8, 4) is 17.2 Å². The summed E-state index contributed by atoms with van der Waals surface area (Å²) in [5.41, 5.74) is 5.53. The molecule has 0 aromatic heterocycles. The molecule has 3 aromatic carbocycles. The van der Waals surface area contributed by atoms with Crippen molar-refractivity contribution in [1.29, 1.82) is 0 Å². The summed E-state index contributed by atoms with van der Waals surface area (Å²) in [6.07, 6.45) is 5.00. The van der Waals surface area contributed by atoms with Gasteiger partial charge in [0, 0.05) is 23.7 Å². The van der Waals surface area contributed by atoms with Crippen molar-refractivity contribution in [3.63, 3.8) is 0 Å². The molecule has 4 heteroatoms. The summed E-state index contributed by atoms with van der Waals surface area (Å²) in [6.45, 7) is 1.34. The molecule has 30 heavy (non-hydrogen) atoms. The zero-order valence-corrected chi connectivity index (χ0v) is 17.3. The van der Waals surface area contributed by atoms with Crippen molar-refractivity contribution in [2.24, 2.45) is 4.99 Å². The highest BCUT2D eigenvalue weighted by Gasteiger charge is 2.13. The summed E-state index contributed by atoms with van der Waals surface area (Å²) >= 11 is 0. The molecule has 0 amide bonds. The lowest BCUT2D eigenvalue weighted by Gasteiger charge is -2.16. The molecule has 0 saturated heterocycles. The molecule has 4 nitrogen and oxygen atoms in total. The maximum Gasteiger partial charge on any atom is 0.129 e. The van der Waals surface area contributed by atoms with Crippen molar-refractivity contribution in [2.45, 2.75) is 13.0 Å². The van der Waals surface area contributed by atoms with E-state index in [1.165, 1.54) is 5.56 Å². The van der Waals surface area contributed by atoms with Crippen LogP contribution in [0.1, 0.15) is 22.3 Å². The van der Waals surface area contributed by atoms with Crippen molar-refractivity contribution < 1.29 is 14.2 Å². The number of rotatable bonds is 7. The summed E-state index contributed by atoms with van der Waals surface area (Å²) in [5.74, 6) is 2.43. The first-order valence-corrected chi connectivity index (χ1v) is 10.0. The minimum Gasteiger partial charge on any atom is -0.497 e. The predicted octanol–water partition coefficient (Wildman–Crippen LogP) is 5.34. The SMILES string of the molecule is COc1ccc(C=CC2=NCCc3cc(OCc4ccccc4)ccc32)c(OC)c1. The van der Waals surface area contributed by atoms with Gasteiger partial charge < -0.3 is 14.2 Å². The first kappa shape index (κ1) is 19.8. The van der Waals surface area contributed by atoms with Gasteiger partial charge in [0.05, 0.1) is 19.9 Å². The molecule has 152 valence electrons. The second-order valence-electron chi connectivity index (χ2n) is 7.05. The van der Waals surface area contributed by atoms with Gasteiger partial charge in [0.15, 0.2) is 0 Å². The van der Waals surface area contributed by atoms with Gasteiger partial charge in [-0.15, -0.1) is 0 Å². The molecule has 0 atom stereocenters. The maximum absolute atomic E-state index is 5.99. The number of hydrogen-bond acceptors (Lipinski definition) is 4. The Morgan fingerprint density at radius 1 is 0.867 bits per heavy atom. The molecule has 0 saturated carbocycles. The third kappa shape index (κ3) is 4.54. The average molecular weight is 399 g/mol. The lowest BCUT2D eigenvalue weighted by Crippen LogP contribution is -2.11. The highest BCUT2D eigenvalue weighted by Crippen LogP contribution is 2.27. The highest BCUT2D eigenvalue weighted by molar-refractivity contribution is 6.12. The van der Waals surface area contributed by atoms with E-state index in [0.717, 1.165) is 52.6 Å². The fraction of sp³-hybridized carbons (Fsp3) is 0.192. The number of fused-ring (bicyclic) bond motifs is 1. The van der Waals surface area contributed by atoms with Gasteiger partial charge in [-0.1, -0.05) is 30.3 Å². The van der Waals surface area contributed by atoms with E-state index in [0.29, 0.717) is 6.61 Å². The average Bonchev–Trinajstić information content (AvgIpc) is 2.81. The summed E-state index contributed by atoms with van der Waals surface area (Å²) < 4.78 is 16.7. The van der Waals surface area contributed by atoms with Gasteiger partial charge in [-0.2, -0.15) is 0 Å². The summed E-state index contributed by atoms with van der Waals surface area (Å²) in [4.78, 5) is 4.72. The van der Waals surface area contributed by atoms with Gasteiger partial charge in [-0.05, 0) is 60.0 Å². The Labute approximate surface area is 177 Å². The molecular formula is C26H25NO3. The quantitative estimate of drug-likeness (QED) is 0.538. The Morgan fingerprint density at radius 3 is 2.50 bits per heavy atom. The van der Waals surface area contributed by atoms with Crippen molar-refractivity contribution in [1.82, 2.24) is 0 Å². The van der Waals surface area contributed by atoms with Gasteiger partial charge in [0.2, 0.25) is 0 Å². The van der Waals surface area contributed by atoms with Crippen LogP contribution < -0.4 is 14.2 Å². The monoisotopic (exact) mass is 399 g/mol. The van der Waals surface area contributed by atoms with Crippen molar-refractivity contribution >= 4 is 11.8 Å². The molecule has 1 heterocycles. The highest BCUT2D eigenvalue weighted by atomic mass is 16.5. The largest absolute Gasteiger partial charge is 0.497 e. The minimum atomic E-state index is 0.567. The number of nitrogens with zero attached hydrogens (tertiary/aromatic N) is 1. The number of methoxy groups -OCH3 is 2. The molecular weight excluding hydrogens is 374 g/mol. The molecule has 1 aliphatic rings.